The minimum atomic E-state index is -1.02. The Hall–Kier alpha value is -5.06. The van der Waals surface area contributed by atoms with Gasteiger partial charge in [0.2, 0.25) is 0 Å². The van der Waals surface area contributed by atoms with Crippen LogP contribution in [0.2, 0.25) is 0 Å². The number of hydrogen-bond donors (Lipinski definition) is 2. The summed E-state index contributed by atoms with van der Waals surface area (Å²) >= 11 is 0. The Morgan fingerprint density at radius 3 is 2.11 bits per heavy atom. The lowest BCUT2D eigenvalue weighted by Crippen LogP contribution is -2.52. The standard InChI is InChI=1S/C36H43N3O8/c1-25(37-34(42)45-24-27-14-9-6-10-15-27)33(41)46-31-16-11-21-39(35(43)47-36(2,3)4)22-30(31)38-32(40)28-17-19-29(20-18-28)44-23-26-12-7-5-8-13-26/h5-10,12-15,17-20,25,30-31H,11,16,21-24H2,1-4H3,(H,37,42)(H,38,40)/t25-,30+,31+/m1/s1. The zero-order valence-corrected chi connectivity index (χ0v) is 27.3. The summed E-state index contributed by atoms with van der Waals surface area (Å²) in [7, 11) is 0. The molecule has 2 N–H and O–H groups in total. The van der Waals surface area contributed by atoms with Crippen LogP contribution in [0.5, 0.6) is 5.75 Å². The van der Waals surface area contributed by atoms with Crippen molar-refractivity contribution in [3.05, 3.63) is 102 Å². The monoisotopic (exact) mass is 645 g/mol. The first kappa shape index (κ1) is 34.8. The molecule has 1 saturated heterocycles. The van der Waals surface area contributed by atoms with Gasteiger partial charge in [0.15, 0.2) is 0 Å². The third kappa shape index (κ3) is 11.4. The van der Waals surface area contributed by atoms with Crippen LogP contribution < -0.4 is 15.4 Å². The van der Waals surface area contributed by atoms with E-state index in [-0.39, 0.29) is 13.2 Å². The largest absolute Gasteiger partial charge is 0.489 e. The van der Waals surface area contributed by atoms with Crippen molar-refractivity contribution < 1.29 is 38.1 Å². The fourth-order valence-electron chi connectivity index (χ4n) is 4.85. The van der Waals surface area contributed by atoms with Crippen molar-refractivity contribution in [2.75, 3.05) is 13.1 Å². The van der Waals surface area contributed by atoms with Gasteiger partial charge in [0.1, 0.15) is 36.7 Å². The Morgan fingerprint density at radius 1 is 0.872 bits per heavy atom. The molecule has 0 unspecified atom stereocenters. The van der Waals surface area contributed by atoms with E-state index in [9.17, 15) is 19.2 Å². The predicted octanol–water partition coefficient (Wildman–Crippen LogP) is 5.62. The van der Waals surface area contributed by atoms with E-state index in [1.807, 2.05) is 60.7 Å². The van der Waals surface area contributed by atoms with Gasteiger partial charge in [-0.25, -0.2) is 14.4 Å². The molecule has 0 radical (unpaired) electrons. The quantitative estimate of drug-likeness (QED) is 0.215. The van der Waals surface area contributed by atoms with E-state index in [0.717, 1.165) is 11.1 Å². The van der Waals surface area contributed by atoms with Crippen LogP contribution in [0.1, 0.15) is 62.0 Å². The number of likely N-dealkylation sites (tertiary alicyclic amines) is 1. The Bertz CT molecular complexity index is 1480. The molecule has 4 rings (SSSR count). The maximum atomic E-state index is 13.4. The second-order valence-electron chi connectivity index (χ2n) is 12.4. The molecule has 3 aromatic rings. The molecule has 0 saturated carbocycles. The van der Waals surface area contributed by atoms with Gasteiger partial charge in [-0.05, 0) is 75.9 Å². The van der Waals surface area contributed by atoms with E-state index in [1.54, 1.807) is 45.0 Å². The van der Waals surface area contributed by atoms with Crippen LogP contribution in [0, 0.1) is 0 Å². The normalized spacial score (nSPS) is 17.0. The summed E-state index contributed by atoms with van der Waals surface area (Å²) in [6.07, 6.45) is -1.21. The van der Waals surface area contributed by atoms with Crippen molar-refractivity contribution in [3.8, 4) is 5.75 Å². The molecule has 1 heterocycles. The van der Waals surface area contributed by atoms with Crippen LogP contribution in [-0.2, 0) is 32.2 Å². The predicted molar refractivity (Wildman–Crippen MR) is 175 cm³/mol. The van der Waals surface area contributed by atoms with Crippen LogP contribution in [0.25, 0.3) is 0 Å². The van der Waals surface area contributed by atoms with E-state index in [4.69, 9.17) is 18.9 Å². The number of amides is 3. The van der Waals surface area contributed by atoms with Gasteiger partial charge in [0, 0.05) is 18.7 Å². The number of ether oxygens (including phenoxy) is 4. The van der Waals surface area contributed by atoms with Gasteiger partial charge in [-0.1, -0.05) is 60.7 Å². The summed E-state index contributed by atoms with van der Waals surface area (Å²) in [5, 5.41) is 5.45. The third-order valence-electron chi connectivity index (χ3n) is 7.28. The first-order valence-corrected chi connectivity index (χ1v) is 15.7. The first-order chi connectivity index (χ1) is 22.5. The topological polar surface area (TPSA) is 132 Å². The van der Waals surface area contributed by atoms with E-state index >= 15 is 0 Å². The number of rotatable bonds is 10. The molecule has 3 atom stereocenters. The molecule has 250 valence electrons. The van der Waals surface area contributed by atoms with Gasteiger partial charge < -0.3 is 34.5 Å². The van der Waals surface area contributed by atoms with Crippen molar-refractivity contribution in [1.82, 2.24) is 15.5 Å². The van der Waals surface area contributed by atoms with Gasteiger partial charge >= 0.3 is 18.2 Å². The smallest absolute Gasteiger partial charge is 0.410 e. The number of nitrogens with one attached hydrogen (secondary N) is 2. The van der Waals surface area contributed by atoms with Crippen molar-refractivity contribution >= 4 is 24.1 Å². The molecule has 3 aromatic carbocycles. The molecule has 0 bridgehead atoms. The van der Waals surface area contributed by atoms with Gasteiger partial charge in [0.05, 0.1) is 6.04 Å². The molecule has 0 spiro atoms. The van der Waals surface area contributed by atoms with Crippen molar-refractivity contribution in [2.45, 2.75) is 77.5 Å². The van der Waals surface area contributed by atoms with Gasteiger partial charge in [0.25, 0.3) is 5.91 Å². The molecule has 1 aliphatic heterocycles. The van der Waals surface area contributed by atoms with Crippen LogP contribution in [0.3, 0.4) is 0 Å². The summed E-state index contributed by atoms with van der Waals surface area (Å²) in [5.41, 5.74) is 1.48. The lowest BCUT2D eigenvalue weighted by Gasteiger charge is -2.31. The van der Waals surface area contributed by atoms with E-state index in [1.165, 1.54) is 11.8 Å². The average Bonchev–Trinajstić information content (AvgIpc) is 3.25. The van der Waals surface area contributed by atoms with Gasteiger partial charge in [-0.3, -0.25) is 4.79 Å². The maximum absolute atomic E-state index is 13.4. The van der Waals surface area contributed by atoms with Gasteiger partial charge in [-0.15, -0.1) is 0 Å². The molecule has 3 amide bonds. The van der Waals surface area contributed by atoms with E-state index in [0.29, 0.717) is 37.3 Å². The molecule has 11 nitrogen and oxygen atoms in total. The van der Waals surface area contributed by atoms with Crippen LogP contribution in [-0.4, -0.2) is 65.8 Å². The van der Waals surface area contributed by atoms with E-state index in [2.05, 4.69) is 10.6 Å². The summed E-state index contributed by atoms with van der Waals surface area (Å²) in [6.45, 7) is 7.66. The number of nitrogens with zero attached hydrogens (tertiary/aromatic N) is 1. The zero-order valence-electron chi connectivity index (χ0n) is 27.3. The van der Waals surface area contributed by atoms with Crippen molar-refractivity contribution in [3.63, 3.8) is 0 Å². The van der Waals surface area contributed by atoms with Crippen molar-refractivity contribution in [1.29, 1.82) is 0 Å². The minimum absolute atomic E-state index is 0.0474. The Morgan fingerprint density at radius 2 is 1.49 bits per heavy atom. The molecule has 1 fully saturated rings. The maximum Gasteiger partial charge on any atom is 0.410 e. The fraction of sp³-hybridized carbons (Fsp3) is 0.389. The second kappa shape index (κ2) is 16.5. The highest BCUT2D eigenvalue weighted by molar-refractivity contribution is 5.94. The SMILES string of the molecule is C[C@@H](NC(=O)OCc1ccccc1)C(=O)O[C@H]1CCCN(C(=O)OC(C)(C)C)C[C@@H]1NC(=O)c1ccc(OCc2ccccc2)cc1. The highest BCUT2D eigenvalue weighted by Crippen LogP contribution is 2.20. The molecule has 47 heavy (non-hydrogen) atoms. The zero-order chi connectivity index (χ0) is 33.8. The number of hydrogen-bond acceptors (Lipinski definition) is 8. The second-order valence-corrected chi connectivity index (χ2v) is 12.4. The van der Waals surface area contributed by atoms with Crippen molar-refractivity contribution in [2.24, 2.45) is 0 Å². The molecule has 1 aliphatic rings. The summed E-state index contributed by atoms with van der Waals surface area (Å²) in [4.78, 5) is 53.4. The molecular formula is C36H43N3O8. The molecule has 11 heteroatoms. The number of carbonyl (C=O) groups excluding carboxylic acids is 4. The van der Waals surface area contributed by atoms with Crippen LogP contribution in [0.4, 0.5) is 9.59 Å². The molecule has 0 aromatic heterocycles. The van der Waals surface area contributed by atoms with Crippen LogP contribution >= 0.6 is 0 Å². The summed E-state index contributed by atoms with van der Waals surface area (Å²) in [6, 6.07) is 23.8. The van der Waals surface area contributed by atoms with Gasteiger partial charge in [-0.2, -0.15) is 0 Å². The molecular weight excluding hydrogens is 602 g/mol. The first-order valence-electron chi connectivity index (χ1n) is 15.7. The fourth-order valence-corrected chi connectivity index (χ4v) is 4.85. The van der Waals surface area contributed by atoms with Crippen LogP contribution in [0.15, 0.2) is 84.9 Å². The average molecular weight is 646 g/mol. The Labute approximate surface area is 275 Å². The number of carbonyl (C=O) groups is 4. The lowest BCUT2D eigenvalue weighted by molar-refractivity contribution is -0.152. The number of alkyl carbamates (subject to hydrolysis) is 1. The number of benzene rings is 3. The lowest BCUT2D eigenvalue weighted by atomic mass is 10.1. The highest BCUT2D eigenvalue weighted by atomic mass is 16.6. The summed E-state index contributed by atoms with van der Waals surface area (Å²) < 4.78 is 22.5. The number of esters is 1. The molecule has 0 aliphatic carbocycles. The third-order valence-corrected chi connectivity index (χ3v) is 7.28. The minimum Gasteiger partial charge on any atom is -0.489 e. The Balaban J connectivity index is 1.40. The Kier molecular flexibility index (Phi) is 12.2. The van der Waals surface area contributed by atoms with E-state index < -0.39 is 47.9 Å². The highest BCUT2D eigenvalue weighted by Gasteiger charge is 2.35. The summed E-state index contributed by atoms with van der Waals surface area (Å²) in [5.74, 6) is -0.504.